The van der Waals surface area contributed by atoms with Gasteiger partial charge in [-0.15, -0.1) is 0 Å². The van der Waals surface area contributed by atoms with E-state index < -0.39 is 0 Å². The maximum atomic E-state index is 9.96. The molecule has 0 radical (unpaired) electrons. The molecular weight excluding hydrogens is 202 g/mol. The van der Waals surface area contributed by atoms with Gasteiger partial charge in [-0.05, 0) is 30.2 Å². The fraction of sp³-hybridized carbons (Fsp3) is 0.385. The summed E-state index contributed by atoms with van der Waals surface area (Å²) in [5.74, 6) is 0.853. The van der Waals surface area contributed by atoms with Gasteiger partial charge in [-0.3, -0.25) is 0 Å². The summed E-state index contributed by atoms with van der Waals surface area (Å²) in [5.41, 5.74) is 7.38. The van der Waals surface area contributed by atoms with Crippen LogP contribution >= 0.6 is 0 Å². The first-order valence-corrected chi connectivity index (χ1v) is 5.53. The molecule has 1 aromatic heterocycles. The van der Waals surface area contributed by atoms with Gasteiger partial charge in [-0.1, -0.05) is 13.8 Å². The lowest BCUT2D eigenvalue weighted by Crippen LogP contribution is -2.17. The third-order valence-corrected chi connectivity index (χ3v) is 3.06. The molecule has 0 amide bonds. The minimum Gasteiger partial charge on any atom is -0.508 e. The van der Waals surface area contributed by atoms with E-state index >= 15 is 0 Å². The predicted molar refractivity (Wildman–Crippen MR) is 64.5 cm³/mol. The SMILES string of the molecule is CC(C)C(CN)c1cc2ccoc2cc1O. The molecule has 16 heavy (non-hydrogen) atoms. The predicted octanol–water partition coefficient (Wildman–Crippen LogP) is 2.84. The average molecular weight is 219 g/mol. The minimum absolute atomic E-state index is 0.180. The number of benzene rings is 1. The monoisotopic (exact) mass is 219 g/mol. The Morgan fingerprint density at radius 1 is 1.38 bits per heavy atom. The number of hydrogen-bond acceptors (Lipinski definition) is 3. The van der Waals surface area contributed by atoms with Crippen molar-refractivity contribution >= 4 is 11.0 Å². The lowest BCUT2D eigenvalue weighted by Gasteiger charge is -2.20. The number of phenolic OH excluding ortho intramolecular Hbond substituents is 1. The van der Waals surface area contributed by atoms with E-state index in [0.29, 0.717) is 18.0 Å². The van der Waals surface area contributed by atoms with Crippen molar-refractivity contribution in [2.45, 2.75) is 19.8 Å². The Balaban J connectivity index is 2.53. The molecule has 3 N–H and O–H groups in total. The molecule has 0 fully saturated rings. The van der Waals surface area contributed by atoms with Gasteiger partial charge in [0.25, 0.3) is 0 Å². The van der Waals surface area contributed by atoms with Crippen molar-refractivity contribution in [3.63, 3.8) is 0 Å². The normalized spacial score (nSPS) is 13.5. The summed E-state index contributed by atoms with van der Waals surface area (Å²) < 4.78 is 5.24. The van der Waals surface area contributed by atoms with Crippen molar-refractivity contribution in [3.8, 4) is 5.75 Å². The standard InChI is InChI=1S/C13H17NO2/c1-8(2)11(7-14)10-5-9-3-4-16-13(9)6-12(10)15/h3-6,8,11,15H,7,14H2,1-2H3. The van der Waals surface area contributed by atoms with E-state index in [1.165, 1.54) is 0 Å². The number of phenols is 1. The van der Waals surface area contributed by atoms with Crippen molar-refractivity contribution < 1.29 is 9.52 Å². The quantitative estimate of drug-likeness (QED) is 0.834. The number of rotatable bonds is 3. The Hall–Kier alpha value is -1.48. The third kappa shape index (κ3) is 1.78. The van der Waals surface area contributed by atoms with Crippen LogP contribution in [0.3, 0.4) is 0 Å². The van der Waals surface area contributed by atoms with Crippen molar-refractivity contribution in [3.05, 3.63) is 30.0 Å². The van der Waals surface area contributed by atoms with E-state index in [1.54, 1.807) is 12.3 Å². The molecule has 1 unspecified atom stereocenters. The Morgan fingerprint density at radius 3 is 2.75 bits per heavy atom. The zero-order chi connectivity index (χ0) is 11.7. The van der Waals surface area contributed by atoms with Crippen LogP contribution in [0.1, 0.15) is 25.3 Å². The summed E-state index contributed by atoms with van der Waals surface area (Å²) >= 11 is 0. The number of aromatic hydroxyl groups is 1. The lowest BCUT2D eigenvalue weighted by molar-refractivity contribution is 0.438. The van der Waals surface area contributed by atoms with Crippen LogP contribution in [0, 0.1) is 5.92 Å². The van der Waals surface area contributed by atoms with Gasteiger partial charge in [0.2, 0.25) is 0 Å². The Kier molecular flexibility index (Phi) is 2.88. The highest BCUT2D eigenvalue weighted by Gasteiger charge is 2.18. The average Bonchev–Trinajstić information content (AvgIpc) is 2.65. The summed E-state index contributed by atoms with van der Waals surface area (Å²) in [6, 6.07) is 5.52. The van der Waals surface area contributed by atoms with Crippen LogP contribution in [0.5, 0.6) is 5.75 Å². The molecule has 2 aromatic rings. The zero-order valence-electron chi connectivity index (χ0n) is 9.60. The molecule has 0 aliphatic rings. The van der Waals surface area contributed by atoms with Gasteiger partial charge in [0, 0.05) is 17.4 Å². The van der Waals surface area contributed by atoms with Gasteiger partial charge in [-0.2, -0.15) is 0 Å². The van der Waals surface area contributed by atoms with Crippen LogP contribution in [-0.2, 0) is 0 Å². The van der Waals surface area contributed by atoms with Gasteiger partial charge in [0.05, 0.1) is 6.26 Å². The first-order valence-electron chi connectivity index (χ1n) is 5.53. The summed E-state index contributed by atoms with van der Waals surface area (Å²) in [7, 11) is 0. The van der Waals surface area contributed by atoms with E-state index in [-0.39, 0.29) is 11.7 Å². The molecule has 0 saturated carbocycles. The molecule has 3 heteroatoms. The van der Waals surface area contributed by atoms with Gasteiger partial charge in [0.1, 0.15) is 11.3 Å². The molecule has 0 spiro atoms. The summed E-state index contributed by atoms with van der Waals surface area (Å²) in [5, 5.41) is 11.0. The van der Waals surface area contributed by atoms with E-state index in [1.807, 2.05) is 12.1 Å². The smallest absolute Gasteiger partial charge is 0.137 e. The second-order valence-electron chi connectivity index (χ2n) is 4.46. The molecule has 0 bridgehead atoms. The highest BCUT2D eigenvalue weighted by atomic mass is 16.3. The van der Waals surface area contributed by atoms with Gasteiger partial charge in [0.15, 0.2) is 0 Å². The van der Waals surface area contributed by atoms with Crippen LogP contribution in [-0.4, -0.2) is 11.7 Å². The van der Waals surface area contributed by atoms with E-state index in [9.17, 15) is 5.11 Å². The fourth-order valence-electron chi connectivity index (χ4n) is 2.07. The molecule has 0 saturated heterocycles. The zero-order valence-corrected chi connectivity index (χ0v) is 9.60. The molecular formula is C13H17NO2. The molecule has 0 aliphatic carbocycles. The number of nitrogens with two attached hydrogens (primary N) is 1. The van der Waals surface area contributed by atoms with Crippen LogP contribution < -0.4 is 5.73 Å². The topological polar surface area (TPSA) is 59.4 Å². The number of furan rings is 1. The Bertz CT molecular complexity index is 488. The number of hydrogen-bond donors (Lipinski definition) is 2. The second kappa shape index (κ2) is 4.18. The van der Waals surface area contributed by atoms with Crippen LogP contribution in [0.15, 0.2) is 28.9 Å². The first kappa shape index (κ1) is 11.0. The minimum atomic E-state index is 0.180. The largest absolute Gasteiger partial charge is 0.508 e. The first-order chi connectivity index (χ1) is 7.63. The molecule has 0 aliphatic heterocycles. The van der Waals surface area contributed by atoms with Crippen molar-refractivity contribution in [1.29, 1.82) is 0 Å². The molecule has 2 rings (SSSR count). The number of fused-ring (bicyclic) bond motifs is 1. The molecule has 1 heterocycles. The highest BCUT2D eigenvalue weighted by Crippen LogP contribution is 2.34. The maximum Gasteiger partial charge on any atom is 0.137 e. The van der Waals surface area contributed by atoms with Crippen molar-refractivity contribution in [2.75, 3.05) is 6.54 Å². The highest BCUT2D eigenvalue weighted by molar-refractivity contribution is 5.80. The molecule has 86 valence electrons. The summed E-state index contributed by atoms with van der Waals surface area (Å²) in [4.78, 5) is 0. The van der Waals surface area contributed by atoms with Gasteiger partial charge >= 0.3 is 0 Å². The van der Waals surface area contributed by atoms with E-state index in [2.05, 4.69) is 13.8 Å². The Morgan fingerprint density at radius 2 is 2.12 bits per heavy atom. The molecule has 3 nitrogen and oxygen atoms in total. The van der Waals surface area contributed by atoms with Crippen LogP contribution in [0.4, 0.5) is 0 Å². The molecule has 1 atom stereocenters. The summed E-state index contributed by atoms with van der Waals surface area (Å²) in [6.45, 7) is 4.75. The molecule has 1 aromatic carbocycles. The Labute approximate surface area is 94.9 Å². The second-order valence-corrected chi connectivity index (χ2v) is 4.46. The third-order valence-electron chi connectivity index (χ3n) is 3.06. The van der Waals surface area contributed by atoms with E-state index in [0.717, 1.165) is 10.9 Å². The van der Waals surface area contributed by atoms with E-state index in [4.69, 9.17) is 10.2 Å². The van der Waals surface area contributed by atoms with Crippen LogP contribution in [0.25, 0.3) is 11.0 Å². The van der Waals surface area contributed by atoms with Crippen molar-refractivity contribution in [1.82, 2.24) is 0 Å². The van der Waals surface area contributed by atoms with Crippen LogP contribution in [0.2, 0.25) is 0 Å². The van der Waals surface area contributed by atoms with Gasteiger partial charge in [-0.25, -0.2) is 0 Å². The van der Waals surface area contributed by atoms with Crippen molar-refractivity contribution in [2.24, 2.45) is 11.7 Å². The lowest BCUT2D eigenvalue weighted by atomic mass is 9.87. The summed E-state index contributed by atoms with van der Waals surface area (Å²) in [6.07, 6.45) is 1.63. The van der Waals surface area contributed by atoms with Gasteiger partial charge < -0.3 is 15.3 Å². The fourth-order valence-corrected chi connectivity index (χ4v) is 2.07. The maximum absolute atomic E-state index is 9.96.